The maximum Gasteiger partial charge on any atom is 0.239 e. The molecule has 0 saturated heterocycles. The van der Waals surface area contributed by atoms with E-state index in [1.165, 1.54) is 5.56 Å². The minimum atomic E-state index is 0.0611. The normalized spacial score (nSPS) is 11.2. The Morgan fingerprint density at radius 2 is 1.84 bits per heavy atom. The highest BCUT2D eigenvalue weighted by Crippen LogP contribution is 2.30. The lowest BCUT2D eigenvalue weighted by molar-refractivity contribution is 0.592. The average molecular weight is 257 g/mol. The number of hydrogen-bond acceptors (Lipinski definition) is 5. The number of hydrazine groups is 1. The third-order valence-electron chi connectivity index (χ3n) is 2.78. The number of rotatable bonds is 3. The van der Waals surface area contributed by atoms with E-state index in [4.69, 9.17) is 5.84 Å². The van der Waals surface area contributed by atoms with Crippen molar-refractivity contribution in [2.45, 2.75) is 26.2 Å². The van der Waals surface area contributed by atoms with Gasteiger partial charge in [-0.1, -0.05) is 39.0 Å². The highest BCUT2D eigenvalue weighted by atomic mass is 15.3. The Morgan fingerprint density at radius 1 is 1.11 bits per heavy atom. The fraction of sp³-hybridized carbons (Fsp3) is 0.286. The first kappa shape index (κ1) is 13.3. The van der Waals surface area contributed by atoms with Crippen molar-refractivity contribution in [3.63, 3.8) is 0 Å². The molecule has 1 heterocycles. The van der Waals surface area contributed by atoms with E-state index in [0.717, 1.165) is 5.69 Å². The summed E-state index contributed by atoms with van der Waals surface area (Å²) in [4.78, 5) is 8.23. The van der Waals surface area contributed by atoms with E-state index >= 15 is 0 Å². The van der Waals surface area contributed by atoms with Crippen LogP contribution in [0.2, 0.25) is 0 Å². The van der Waals surface area contributed by atoms with E-state index in [-0.39, 0.29) is 5.41 Å². The maximum atomic E-state index is 5.31. The summed E-state index contributed by atoms with van der Waals surface area (Å²) in [5, 5.41) is 3.31. The van der Waals surface area contributed by atoms with Crippen molar-refractivity contribution in [1.29, 1.82) is 0 Å². The third kappa shape index (κ3) is 3.20. The number of para-hydroxylation sites is 1. The van der Waals surface area contributed by atoms with Gasteiger partial charge in [-0.05, 0) is 23.1 Å². The van der Waals surface area contributed by atoms with E-state index in [1.807, 2.05) is 18.2 Å². The maximum absolute atomic E-state index is 5.31. The van der Waals surface area contributed by atoms with E-state index in [2.05, 4.69) is 47.5 Å². The van der Waals surface area contributed by atoms with Gasteiger partial charge >= 0.3 is 0 Å². The molecular weight excluding hydrogens is 238 g/mol. The SMILES string of the molecule is CC(C)(C)c1ccccc1Nc1ccnc(NN)n1. The van der Waals surface area contributed by atoms with Crippen LogP contribution in [0, 0.1) is 0 Å². The molecule has 0 unspecified atom stereocenters. The van der Waals surface area contributed by atoms with Crippen molar-refractivity contribution in [2.75, 3.05) is 10.7 Å². The lowest BCUT2D eigenvalue weighted by Crippen LogP contribution is -2.14. The molecule has 0 radical (unpaired) electrons. The molecule has 0 aliphatic carbocycles. The van der Waals surface area contributed by atoms with E-state index in [1.54, 1.807) is 12.3 Å². The van der Waals surface area contributed by atoms with Crippen molar-refractivity contribution >= 4 is 17.5 Å². The van der Waals surface area contributed by atoms with Crippen molar-refractivity contribution in [3.8, 4) is 0 Å². The fourth-order valence-corrected chi connectivity index (χ4v) is 1.88. The van der Waals surface area contributed by atoms with Gasteiger partial charge in [0.15, 0.2) is 0 Å². The predicted octanol–water partition coefficient (Wildman–Crippen LogP) is 2.80. The van der Waals surface area contributed by atoms with Gasteiger partial charge in [-0.2, -0.15) is 4.98 Å². The molecule has 0 aliphatic rings. The minimum absolute atomic E-state index is 0.0611. The van der Waals surface area contributed by atoms with Crippen molar-refractivity contribution in [1.82, 2.24) is 9.97 Å². The molecule has 0 fully saturated rings. The first-order chi connectivity index (χ1) is 9.00. The van der Waals surface area contributed by atoms with Gasteiger partial charge in [0.05, 0.1) is 0 Å². The van der Waals surface area contributed by atoms with Gasteiger partial charge in [0.1, 0.15) is 5.82 Å². The quantitative estimate of drug-likeness (QED) is 0.582. The van der Waals surface area contributed by atoms with Crippen LogP contribution < -0.4 is 16.6 Å². The first-order valence-electron chi connectivity index (χ1n) is 6.17. The molecule has 0 atom stereocenters. The molecule has 2 aromatic rings. The average Bonchev–Trinajstić information content (AvgIpc) is 2.38. The van der Waals surface area contributed by atoms with Crippen LogP contribution in [0.3, 0.4) is 0 Å². The second-order valence-electron chi connectivity index (χ2n) is 5.33. The number of nitrogens with one attached hydrogen (secondary N) is 2. The monoisotopic (exact) mass is 257 g/mol. The highest BCUT2D eigenvalue weighted by Gasteiger charge is 2.17. The Bertz CT molecular complexity index is 560. The van der Waals surface area contributed by atoms with Gasteiger partial charge in [0.25, 0.3) is 0 Å². The summed E-state index contributed by atoms with van der Waals surface area (Å²) in [6.45, 7) is 6.54. The van der Waals surface area contributed by atoms with Gasteiger partial charge in [-0.15, -0.1) is 0 Å². The molecular formula is C14H19N5. The van der Waals surface area contributed by atoms with Crippen LogP contribution >= 0.6 is 0 Å². The number of nitrogen functional groups attached to an aromatic ring is 1. The lowest BCUT2D eigenvalue weighted by Gasteiger charge is -2.23. The zero-order valence-electron chi connectivity index (χ0n) is 11.4. The molecule has 19 heavy (non-hydrogen) atoms. The van der Waals surface area contributed by atoms with Gasteiger partial charge < -0.3 is 5.32 Å². The molecule has 0 aliphatic heterocycles. The second kappa shape index (κ2) is 5.24. The summed E-state index contributed by atoms with van der Waals surface area (Å²) in [5.41, 5.74) is 4.77. The molecule has 0 spiro atoms. The van der Waals surface area contributed by atoms with Gasteiger partial charge in [0.2, 0.25) is 5.95 Å². The number of nitrogens with zero attached hydrogens (tertiary/aromatic N) is 2. The molecule has 5 nitrogen and oxygen atoms in total. The lowest BCUT2D eigenvalue weighted by atomic mass is 9.86. The highest BCUT2D eigenvalue weighted by molar-refractivity contribution is 5.62. The van der Waals surface area contributed by atoms with Crippen LogP contribution in [0.5, 0.6) is 0 Å². The van der Waals surface area contributed by atoms with Crippen molar-refractivity contribution in [3.05, 3.63) is 42.1 Å². The summed E-state index contributed by atoms with van der Waals surface area (Å²) in [7, 11) is 0. The minimum Gasteiger partial charge on any atom is -0.340 e. The Kier molecular flexibility index (Phi) is 3.66. The molecule has 0 saturated carbocycles. The van der Waals surface area contributed by atoms with Gasteiger partial charge in [-0.25, -0.2) is 10.8 Å². The fourth-order valence-electron chi connectivity index (χ4n) is 1.88. The summed E-state index contributed by atoms with van der Waals surface area (Å²) in [6.07, 6.45) is 1.66. The van der Waals surface area contributed by atoms with Crippen molar-refractivity contribution < 1.29 is 0 Å². The summed E-state index contributed by atoms with van der Waals surface area (Å²) < 4.78 is 0. The van der Waals surface area contributed by atoms with Crippen molar-refractivity contribution in [2.24, 2.45) is 5.84 Å². The molecule has 0 bridgehead atoms. The second-order valence-corrected chi connectivity index (χ2v) is 5.33. The zero-order valence-corrected chi connectivity index (χ0v) is 11.4. The predicted molar refractivity (Wildman–Crippen MR) is 78.3 cm³/mol. The van der Waals surface area contributed by atoms with Gasteiger partial charge in [-0.3, -0.25) is 5.43 Å². The van der Waals surface area contributed by atoms with Crippen LogP contribution in [0.4, 0.5) is 17.5 Å². The van der Waals surface area contributed by atoms with E-state index in [0.29, 0.717) is 11.8 Å². The van der Waals surface area contributed by atoms with Crippen LogP contribution in [-0.2, 0) is 5.41 Å². The molecule has 0 amide bonds. The summed E-state index contributed by atoms with van der Waals surface area (Å²) in [6, 6.07) is 10.0. The Balaban J connectivity index is 2.33. The van der Waals surface area contributed by atoms with Crippen LogP contribution in [0.1, 0.15) is 26.3 Å². The molecule has 100 valence electrons. The Morgan fingerprint density at radius 3 is 2.53 bits per heavy atom. The number of hydrogen-bond donors (Lipinski definition) is 3. The Hall–Kier alpha value is -2.14. The molecule has 1 aromatic heterocycles. The zero-order chi connectivity index (χ0) is 13.9. The summed E-state index contributed by atoms with van der Waals surface area (Å²) >= 11 is 0. The Labute approximate surface area is 113 Å². The van der Waals surface area contributed by atoms with Crippen LogP contribution in [-0.4, -0.2) is 9.97 Å². The molecule has 2 rings (SSSR count). The largest absolute Gasteiger partial charge is 0.340 e. The number of benzene rings is 1. The smallest absolute Gasteiger partial charge is 0.239 e. The van der Waals surface area contributed by atoms with E-state index in [9.17, 15) is 0 Å². The molecule has 1 aromatic carbocycles. The number of nitrogens with two attached hydrogens (primary N) is 1. The molecule has 5 heteroatoms. The molecule has 4 N–H and O–H groups in total. The van der Waals surface area contributed by atoms with Gasteiger partial charge in [0, 0.05) is 11.9 Å². The first-order valence-corrected chi connectivity index (χ1v) is 6.17. The standard InChI is InChI=1S/C14H19N5/c1-14(2,3)10-6-4-5-7-11(10)17-12-8-9-16-13(18-12)19-15/h4-9H,15H2,1-3H3,(H2,16,17,18,19). The number of anilines is 3. The summed E-state index contributed by atoms with van der Waals surface area (Å²) in [5.74, 6) is 6.40. The third-order valence-corrected chi connectivity index (χ3v) is 2.78. The van der Waals surface area contributed by atoms with Crippen LogP contribution in [0.25, 0.3) is 0 Å². The number of aromatic nitrogens is 2. The van der Waals surface area contributed by atoms with Crippen LogP contribution in [0.15, 0.2) is 36.5 Å². The topological polar surface area (TPSA) is 75.9 Å². The van der Waals surface area contributed by atoms with E-state index < -0.39 is 0 Å².